The Morgan fingerprint density at radius 1 is 1.09 bits per heavy atom. The highest BCUT2D eigenvalue weighted by molar-refractivity contribution is 7.98. The number of esters is 1. The molecule has 1 N–H and O–H groups in total. The Hall–Kier alpha value is -3.26. The van der Waals surface area contributed by atoms with Gasteiger partial charge in [-0.3, -0.25) is 0 Å². The lowest BCUT2D eigenvalue weighted by molar-refractivity contribution is -0.136. The van der Waals surface area contributed by atoms with E-state index in [1.807, 2.05) is 43.5 Å². The minimum Gasteiger partial charge on any atom is -0.445 e. The first-order valence-corrected chi connectivity index (χ1v) is 11.9. The van der Waals surface area contributed by atoms with Crippen LogP contribution in [0.2, 0.25) is 0 Å². The van der Waals surface area contributed by atoms with Crippen molar-refractivity contribution in [3.8, 4) is 5.75 Å². The highest BCUT2D eigenvalue weighted by Gasteiger charge is 2.25. The van der Waals surface area contributed by atoms with Gasteiger partial charge in [0, 0.05) is 5.56 Å². The molecule has 33 heavy (non-hydrogen) atoms. The van der Waals surface area contributed by atoms with Crippen LogP contribution in [0.5, 0.6) is 5.75 Å². The van der Waals surface area contributed by atoms with E-state index in [0.717, 1.165) is 11.1 Å². The molecule has 0 saturated carbocycles. The zero-order valence-corrected chi connectivity index (χ0v) is 19.9. The first-order chi connectivity index (χ1) is 15.8. The van der Waals surface area contributed by atoms with Crippen molar-refractivity contribution in [2.24, 2.45) is 0 Å². The van der Waals surface area contributed by atoms with Gasteiger partial charge in [-0.15, -0.1) is 0 Å². The Bertz CT molecular complexity index is 1200. The molecule has 0 spiro atoms. The fourth-order valence-electron chi connectivity index (χ4n) is 3.34. The largest absolute Gasteiger partial charge is 0.445 e. The summed E-state index contributed by atoms with van der Waals surface area (Å²) in [7, 11) is 0. The van der Waals surface area contributed by atoms with Crippen LogP contribution in [0, 0.1) is 20.8 Å². The second kappa shape index (κ2) is 11.0. The number of nitrogens with one attached hydrogen (secondary N) is 1. The Balaban J connectivity index is 1.80. The van der Waals surface area contributed by atoms with Crippen LogP contribution >= 0.6 is 11.8 Å². The molecule has 0 radical (unpaired) electrons. The highest BCUT2D eigenvalue weighted by atomic mass is 32.2. The molecular formula is C25H27NO6S. The van der Waals surface area contributed by atoms with Crippen molar-refractivity contribution in [3.63, 3.8) is 0 Å². The van der Waals surface area contributed by atoms with Gasteiger partial charge in [-0.25, -0.2) is 14.4 Å². The molecule has 1 heterocycles. The topological polar surface area (TPSA) is 94.8 Å². The summed E-state index contributed by atoms with van der Waals surface area (Å²) in [5.41, 5.74) is 2.66. The standard InChI is InChI=1S/C25H27NO6S/c1-15-12-20-22(16(2)17(3)23(27)31-20)21(13-15)32-24(28)19(10-11-33-4)26-25(29)30-14-18-8-6-5-7-9-18/h5-9,12-13,19H,10-11,14H2,1-4H3,(H,26,29)/t19-/m0/s1. The summed E-state index contributed by atoms with van der Waals surface area (Å²) in [6.45, 7) is 5.36. The predicted octanol–water partition coefficient (Wildman–Crippen LogP) is 4.67. The van der Waals surface area contributed by atoms with Gasteiger partial charge in [0.1, 0.15) is 24.0 Å². The number of hydrogen-bond donors (Lipinski definition) is 1. The van der Waals surface area contributed by atoms with Crippen molar-refractivity contribution < 1.29 is 23.5 Å². The summed E-state index contributed by atoms with van der Waals surface area (Å²) in [5.74, 6) is 0.309. The number of benzene rings is 2. The fourth-order valence-corrected chi connectivity index (χ4v) is 3.81. The number of thioether (sulfide) groups is 1. The molecule has 0 bridgehead atoms. The average molecular weight is 470 g/mol. The molecule has 0 aliphatic carbocycles. The average Bonchev–Trinajstić information content (AvgIpc) is 2.79. The molecule has 1 amide bonds. The van der Waals surface area contributed by atoms with Crippen LogP contribution in [0.1, 0.15) is 28.7 Å². The van der Waals surface area contributed by atoms with Gasteiger partial charge in [0.2, 0.25) is 0 Å². The molecule has 2 aromatic carbocycles. The molecule has 1 aromatic heterocycles. The van der Waals surface area contributed by atoms with Gasteiger partial charge in [0.05, 0.1) is 5.39 Å². The van der Waals surface area contributed by atoms with Gasteiger partial charge >= 0.3 is 17.7 Å². The van der Waals surface area contributed by atoms with Crippen molar-refractivity contribution in [3.05, 3.63) is 75.1 Å². The number of hydrogen-bond acceptors (Lipinski definition) is 7. The van der Waals surface area contributed by atoms with E-state index in [1.165, 1.54) is 0 Å². The lowest BCUT2D eigenvalue weighted by atomic mass is 10.0. The monoisotopic (exact) mass is 469 g/mol. The first kappa shape index (κ1) is 24.4. The first-order valence-electron chi connectivity index (χ1n) is 10.5. The zero-order chi connectivity index (χ0) is 24.0. The van der Waals surface area contributed by atoms with E-state index < -0.39 is 23.7 Å². The van der Waals surface area contributed by atoms with Crippen LogP contribution in [0.15, 0.2) is 51.7 Å². The van der Waals surface area contributed by atoms with Gasteiger partial charge in [-0.1, -0.05) is 30.3 Å². The Morgan fingerprint density at radius 3 is 2.52 bits per heavy atom. The summed E-state index contributed by atoms with van der Waals surface area (Å²) in [6, 6.07) is 11.8. The van der Waals surface area contributed by atoms with Crippen molar-refractivity contribution in [2.75, 3.05) is 12.0 Å². The second-order valence-electron chi connectivity index (χ2n) is 7.74. The third-order valence-electron chi connectivity index (χ3n) is 5.27. The fraction of sp³-hybridized carbons (Fsp3) is 0.320. The molecular weight excluding hydrogens is 442 g/mol. The van der Waals surface area contributed by atoms with E-state index in [9.17, 15) is 14.4 Å². The van der Waals surface area contributed by atoms with E-state index in [1.54, 1.807) is 37.7 Å². The molecule has 3 aromatic rings. The van der Waals surface area contributed by atoms with E-state index in [-0.39, 0.29) is 12.4 Å². The zero-order valence-electron chi connectivity index (χ0n) is 19.1. The molecule has 0 saturated heterocycles. The van der Waals surface area contributed by atoms with Crippen LogP contribution < -0.4 is 15.7 Å². The third-order valence-corrected chi connectivity index (χ3v) is 5.91. The Labute approximate surface area is 196 Å². The lowest BCUT2D eigenvalue weighted by Gasteiger charge is -2.18. The molecule has 174 valence electrons. The van der Waals surface area contributed by atoms with Crippen LogP contribution in [0.4, 0.5) is 4.79 Å². The van der Waals surface area contributed by atoms with Crippen LogP contribution in [-0.2, 0) is 16.1 Å². The van der Waals surface area contributed by atoms with E-state index in [2.05, 4.69) is 5.32 Å². The SMILES string of the molecule is CSCC[C@H](NC(=O)OCc1ccccc1)C(=O)Oc1cc(C)cc2oc(=O)c(C)c(C)c12. The Morgan fingerprint density at radius 2 is 1.82 bits per heavy atom. The minimum atomic E-state index is -0.895. The third kappa shape index (κ3) is 6.16. The second-order valence-corrected chi connectivity index (χ2v) is 8.72. The molecule has 1 atom stereocenters. The van der Waals surface area contributed by atoms with Crippen molar-refractivity contribution in [1.29, 1.82) is 0 Å². The Kier molecular flexibility index (Phi) is 8.16. The maximum absolute atomic E-state index is 13.1. The van der Waals surface area contributed by atoms with E-state index in [0.29, 0.717) is 34.3 Å². The van der Waals surface area contributed by atoms with Gasteiger partial charge in [-0.05, 0) is 68.0 Å². The number of carbonyl (C=O) groups is 2. The summed E-state index contributed by atoms with van der Waals surface area (Å²) in [6.07, 6.45) is 1.59. The van der Waals surface area contributed by atoms with Crippen LogP contribution in [0.3, 0.4) is 0 Å². The molecule has 8 heteroatoms. The minimum absolute atomic E-state index is 0.0942. The number of fused-ring (bicyclic) bond motifs is 1. The molecule has 0 unspecified atom stereocenters. The summed E-state index contributed by atoms with van der Waals surface area (Å²) in [5, 5.41) is 3.17. The van der Waals surface area contributed by atoms with Crippen molar-refractivity contribution in [2.45, 2.75) is 39.8 Å². The summed E-state index contributed by atoms with van der Waals surface area (Å²) in [4.78, 5) is 37.5. The number of carbonyl (C=O) groups excluding carboxylic acids is 2. The number of ether oxygens (including phenoxy) is 2. The number of rotatable bonds is 8. The van der Waals surface area contributed by atoms with Gasteiger partial charge in [0.25, 0.3) is 0 Å². The summed E-state index contributed by atoms with van der Waals surface area (Å²) >= 11 is 1.55. The molecule has 3 rings (SSSR count). The smallest absolute Gasteiger partial charge is 0.408 e. The molecule has 0 aliphatic heterocycles. The predicted molar refractivity (Wildman–Crippen MR) is 129 cm³/mol. The number of amides is 1. The maximum Gasteiger partial charge on any atom is 0.408 e. The van der Waals surface area contributed by atoms with Gasteiger partial charge in [0.15, 0.2) is 0 Å². The normalized spacial score (nSPS) is 11.8. The molecule has 0 aliphatic rings. The maximum atomic E-state index is 13.1. The summed E-state index contributed by atoms with van der Waals surface area (Å²) < 4.78 is 16.4. The quantitative estimate of drug-likeness (QED) is 0.291. The van der Waals surface area contributed by atoms with E-state index in [4.69, 9.17) is 13.9 Å². The van der Waals surface area contributed by atoms with Crippen molar-refractivity contribution >= 4 is 34.8 Å². The number of alkyl carbamates (subject to hydrolysis) is 1. The lowest BCUT2D eigenvalue weighted by Crippen LogP contribution is -2.43. The van der Waals surface area contributed by atoms with Crippen LogP contribution in [-0.4, -0.2) is 30.1 Å². The van der Waals surface area contributed by atoms with E-state index >= 15 is 0 Å². The molecule has 7 nitrogen and oxygen atoms in total. The van der Waals surface area contributed by atoms with Gasteiger partial charge < -0.3 is 19.2 Å². The van der Waals surface area contributed by atoms with Gasteiger partial charge in [-0.2, -0.15) is 11.8 Å². The molecule has 0 fully saturated rings. The highest BCUT2D eigenvalue weighted by Crippen LogP contribution is 2.31. The van der Waals surface area contributed by atoms with Crippen LogP contribution in [0.25, 0.3) is 11.0 Å². The number of aryl methyl sites for hydroxylation is 2. The van der Waals surface area contributed by atoms with Crippen molar-refractivity contribution in [1.82, 2.24) is 5.32 Å².